The molecule has 1 aliphatic rings. The Hall–Kier alpha value is -1.75. The summed E-state index contributed by atoms with van der Waals surface area (Å²) in [6.07, 6.45) is 0.487. The third-order valence-electron chi connectivity index (χ3n) is 2.74. The van der Waals surface area contributed by atoms with Crippen LogP contribution in [-0.4, -0.2) is 32.7 Å². The summed E-state index contributed by atoms with van der Waals surface area (Å²) in [4.78, 5) is 11.0. The van der Waals surface area contributed by atoms with E-state index in [2.05, 4.69) is 10.6 Å². The predicted octanol–water partition coefficient (Wildman–Crippen LogP) is 0.683. The molecule has 0 atom stereocenters. The van der Waals surface area contributed by atoms with Crippen LogP contribution in [0, 0.1) is 0 Å². The Morgan fingerprint density at radius 3 is 2.83 bits per heavy atom. The lowest BCUT2D eigenvalue weighted by Gasteiger charge is -2.18. The molecule has 1 aliphatic heterocycles. The Morgan fingerprint density at radius 1 is 1.28 bits per heavy atom. The van der Waals surface area contributed by atoms with E-state index in [-0.39, 0.29) is 5.91 Å². The normalized spacial score (nSPS) is 13.2. The van der Waals surface area contributed by atoms with Gasteiger partial charge in [-0.1, -0.05) is 6.07 Å². The summed E-state index contributed by atoms with van der Waals surface area (Å²) in [6, 6.07) is 5.89. The second kappa shape index (κ2) is 6.26. The van der Waals surface area contributed by atoms with E-state index in [9.17, 15) is 4.79 Å². The number of hydrogen-bond donors (Lipinski definition) is 2. The minimum absolute atomic E-state index is 0.0460. The summed E-state index contributed by atoms with van der Waals surface area (Å²) in [5, 5.41) is 5.81. The van der Waals surface area contributed by atoms with Crippen LogP contribution >= 0.6 is 0 Å². The van der Waals surface area contributed by atoms with Gasteiger partial charge in [-0.25, -0.2) is 0 Å². The summed E-state index contributed by atoms with van der Waals surface area (Å²) in [7, 11) is 1.64. The summed E-state index contributed by atoms with van der Waals surface area (Å²) >= 11 is 0. The van der Waals surface area contributed by atoms with E-state index in [4.69, 9.17) is 9.47 Å². The molecule has 2 rings (SSSR count). The number of fused-ring (bicyclic) bond motifs is 1. The highest BCUT2D eigenvalue weighted by Gasteiger charge is 2.11. The SMILES string of the molecule is CNC(=O)CCNCc1ccc2c(c1)OCCO2. The fourth-order valence-corrected chi connectivity index (χ4v) is 1.76. The Labute approximate surface area is 106 Å². The van der Waals surface area contributed by atoms with E-state index in [0.29, 0.717) is 32.7 Å². The van der Waals surface area contributed by atoms with Crippen molar-refractivity contribution in [2.75, 3.05) is 26.8 Å². The van der Waals surface area contributed by atoms with Gasteiger partial charge in [-0.2, -0.15) is 0 Å². The Morgan fingerprint density at radius 2 is 2.06 bits per heavy atom. The fraction of sp³-hybridized carbons (Fsp3) is 0.462. The number of carbonyl (C=O) groups excluding carboxylic acids is 1. The summed E-state index contributed by atoms with van der Waals surface area (Å²) < 4.78 is 11.0. The molecule has 1 amide bonds. The smallest absolute Gasteiger partial charge is 0.221 e. The van der Waals surface area contributed by atoms with Crippen LogP contribution < -0.4 is 20.1 Å². The van der Waals surface area contributed by atoms with Gasteiger partial charge in [-0.3, -0.25) is 4.79 Å². The predicted molar refractivity (Wildman–Crippen MR) is 67.8 cm³/mol. The molecule has 1 heterocycles. The highest BCUT2D eigenvalue weighted by Crippen LogP contribution is 2.30. The maximum Gasteiger partial charge on any atom is 0.221 e. The number of benzene rings is 1. The molecule has 0 aliphatic carbocycles. The first kappa shape index (κ1) is 12.7. The number of rotatable bonds is 5. The standard InChI is InChI=1S/C13H18N2O3/c1-14-13(16)4-5-15-9-10-2-3-11-12(8-10)18-7-6-17-11/h2-3,8,15H,4-7,9H2,1H3,(H,14,16). The average molecular weight is 250 g/mol. The molecule has 5 heteroatoms. The van der Waals surface area contributed by atoms with Gasteiger partial charge < -0.3 is 20.1 Å². The van der Waals surface area contributed by atoms with Crippen LogP contribution in [-0.2, 0) is 11.3 Å². The first-order valence-electron chi connectivity index (χ1n) is 6.09. The number of ether oxygens (including phenoxy) is 2. The lowest BCUT2D eigenvalue weighted by Crippen LogP contribution is -2.24. The van der Waals surface area contributed by atoms with Gasteiger partial charge in [0.15, 0.2) is 11.5 Å². The molecule has 18 heavy (non-hydrogen) atoms. The third kappa shape index (κ3) is 3.37. The van der Waals surface area contributed by atoms with Gasteiger partial charge in [0, 0.05) is 26.6 Å². The van der Waals surface area contributed by atoms with Gasteiger partial charge in [0.1, 0.15) is 13.2 Å². The van der Waals surface area contributed by atoms with Crippen LogP contribution in [0.15, 0.2) is 18.2 Å². The molecule has 5 nitrogen and oxygen atoms in total. The van der Waals surface area contributed by atoms with E-state index in [1.165, 1.54) is 0 Å². The minimum atomic E-state index is 0.0460. The molecule has 98 valence electrons. The molecule has 0 fully saturated rings. The van der Waals surface area contributed by atoms with Gasteiger partial charge in [-0.05, 0) is 17.7 Å². The Bertz CT molecular complexity index is 421. The molecule has 1 aromatic carbocycles. The fourth-order valence-electron chi connectivity index (χ4n) is 1.76. The van der Waals surface area contributed by atoms with Crippen molar-refractivity contribution in [3.05, 3.63) is 23.8 Å². The molecule has 0 unspecified atom stereocenters. The van der Waals surface area contributed by atoms with Gasteiger partial charge in [0.25, 0.3) is 0 Å². The van der Waals surface area contributed by atoms with Crippen LogP contribution in [0.1, 0.15) is 12.0 Å². The topological polar surface area (TPSA) is 59.6 Å². The number of hydrogen-bond acceptors (Lipinski definition) is 4. The quantitative estimate of drug-likeness (QED) is 0.755. The number of nitrogens with one attached hydrogen (secondary N) is 2. The zero-order chi connectivity index (χ0) is 12.8. The summed E-state index contributed by atoms with van der Waals surface area (Å²) in [5.41, 5.74) is 1.12. The maximum absolute atomic E-state index is 11.0. The first-order chi connectivity index (χ1) is 8.79. The molecule has 0 saturated heterocycles. The van der Waals surface area contributed by atoms with Crippen LogP contribution in [0.4, 0.5) is 0 Å². The molecule has 2 N–H and O–H groups in total. The van der Waals surface area contributed by atoms with Crippen molar-refractivity contribution in [1.82, 2.24) is 10.6 Å². The molecule has 0 spiro atoms. The van der Waals surface area contributed by atoms with Crippen LogP contribution in [0.5, 0.6) is 11.5 Å². The molecule has 1 aromatic rings. The first-order valence-corrected chi connectivity index (χ1v) is 6.09. The van der Waals surface area contributed by atoms with E-state index >= 15 is 0 Å². The van der Waals surface area contributed by atoms with Crippen LogP contribution in [0.2, 0.25) is 0 Å². The van der Waals surface area contributed by atoms with Crippen molar-refractivity contribution < 1.29 is 14.3 Å². The van der Waals surface area contributed by atoms with Gasteiger partial charge >= 0.3 is 0 Å². The highest BCUT2D eigenvalue weighted by molar-refractivity contribution is 5.75. The molecule has 0 bridgehead atoms. The van der Waals surface area contributed by atoms with E-state index < -0.39 is 0 Å². The van der Waals surface area contributed by atoms with Crippen LogP contribution in [0.25, 0.3) is 0 Å². The molecular formula is C13H18N2O3. The maximum atomic E-state index is 11.0. The lowest BCUT2D eigenvalue weighted by molar-refractivity contribution is -0.120. The minimum Gasteiger partial charge on any atom is -0.486 e. The molecular weight excluding hydrogens is 232 g/mol. The Balaban J connectivity index is 1.81. The summed E-state index contributed by atoms with van der Waals surface area (Å²) in [5.74, 6) is 1.65. The van der Waals surface area contributed by atoms with Crippen molar-refractivity contribution in [3.8, 4) is 11.5 Å². The lowest BCUT2D eigenvalue weighted by atomic mass is 10.2. The Kier molecular flexibility index (Phi) is 4.41. The third-order valence-corrected chi connectivity index (χ3v) is 2.74. The number of amides is 1. The van der Waals surface area contributed by atoms with Crippen molar-refractivity contribution in [3.63, 3.8) is 0 Å². The van der Waals surface area contributed by atoms with E-state index in [1.807, 2.05) is 18.2 Å². The van der Waals surface area contributed by atoms with Gasteiger partial charge in [-0.15, -0.1) is 0 Å². The van der Waals surface area contributed by atoms with Crippen molar-refractivity contribution in [2.45, 2.75) is 13.0 Å². The number of carbonyl (C=O) groups is 1. The van der Waals surface area contributed by atoms with Crippen LogP contribution in [0.3, 0.4) is 0 Å². The van der Waals surface area contributed by atoms with E-state index in [1.54, 1.807) is 7.05 Å². The summed E-state index contributed by atoms with van der Waals surface area (Å²) in [6.45, 7) is 2.58. The van der Waals surface area contributed by atoms with Gasteiger partial charge in [0.05, 0.1) is 0 Å². The monoisotopic (exact) mass is 250 g/mol. The largest absolute Gasteiger partial charge is 0.486 e. The average Bonchev–Trinajstić information content (AvgIpc) is 2.43. The highest BCUT2D eigenvalue weighted by atomic mass is 16.6. The van der Waals surface area contributed by atoms with Crippen molar-refractivity contribution in [2.24, 2.45) is 0 Å². The second-order valence-electron chi connectivity index (χ2n) is 4.08. The zero-order valence-corrected chi connectivity index (χ0v) is 10.5. The molecule has 0 radical (unpaired) electrons. The van der Waals surface area contributed by atoms with Gasteiger partial charge in [0.2, 0.25) is 5.91 Å². The molecule has 0 saturated carbocycles. The van der Waals surface area contributed by atoms with Crippen molar-refractivity contribution in [1.29, 1.82) is 0 Å². The van der Waals surface area contributed by atoms with E-state index in [0.717, 1.165) is 17.1 Å². The second-order valence-corrected chi connectivity index (χ2v) is 4.08. The molecule has 0 aromatic heterocycles. The zero-order valence-electron chi connectivity index (χ0n) is 10.5. The van der Waals surface area contributed by atoms with Crippen molar-refractivity contribution >= 4 is 5.91 Å².